The average Bonchev–Trinajstić information content (AvgIpc) is 3.59. The molecule has 5 aromatic rings. The highest BCUT2D eigenvalue weighted by Crippen LogP contribution is 2.56. The minimum absolute atomic E-state index is 0.106. The Morgan fingerprint density at radius 3 is 2.54 bits per heavy atom. The summed E-state index contributed by atoms with van der Waals surface area (Å²) in [4.78, 5) is 41.0. The van der Waals surface area contributed by atoms with E-state index in [0.29, 0.717) is 67.6 Å². The highest BCUT2D eigenvalue weighted by atomic mass is 32.2. The first-order valence-corrected chi connectivity index (χ1v) is 25.9. The zero-order valence-corrected chi connectivity index (χ0v) is 39.0. The molecule has 2 aromatic heterocycles. The van der Waals surface area contributed by atoms with Crippen LogP contribution in [0.1, 0.15) is 105 Å². The molecule has 12 rings (SSSR count). The predicted octanol–water partition coefficient (Wildman–Crippen LogP) is 7.92. The van der Waals surface area contributed by atoms with Crippen LogP contribution in [-0.2, 0) is 14.8 Å². The minimum atomic E-state index is -4.60. The first kappa shape index (κ1) is 43.5. The van der Waals surface area contributed by atoms with Gasteiger partial charge in [-0.05, 0) is 143 Å². The topological polar surface area (TPSA) is 195 Å². The van der Waals surface area contributed by atoms with Crippen LogP contribution < -0.4 is 24.6 Å². The molecule has 0 bridgehead atoms. The van der Waals surface area contributed by atoms with E-state index < -0.39 is 43.1 Å². The van der Waals surface area contributed by atoms with Crippen LogP contribution in [0.15, 0.2) is 83.9 Å². The molecule has 1 spiro atoms. The largest absolute Gasteiger partial charge is 0.468 e. The molecule has 16 nitrogen and oxygen atoms in total. The number of hydrogen-bond donors (Lipinski definition) is 4. The number of benzene rings is 3. The molecule has 1 amide bonds. The zero-order valence-electron chi connectivity index (χ0n) is 38.2. The SMILES string of the molecule is CC1(O)CCC(CNc2ccc(S(=O)(=O)NC(=O)c3ccc(N4CC5(CC(N6CCC[C@H]6c6ccccc6C6CC6)C5)C4)cc3N3c4cc5cc[nH]c5nc4O[C@H]4COC[C@@H]43)cc2[N+](=O)[O-])CC1. The summed E-state index contributed by atoms with van der Waals surface area (Å²) >= 11 is 0. The maximum absolute atomic E-state index is 14.6. The minimum Gasteiger partial charge on any atom is -0.468 e. The number of H-pyrrole nitrogens is 1. The second-order valence-corrected chi connectivity index (χ2v) is 22.7. The van der Waals surface area contributed by atoms with Crippen molar-refractivity contribution in [2.75, 3.05) is 54.5 Å². The standard InChI is InChI=1S/C51H58N8O8S/c1-50(61)17-14-31(15-18-50)26-53-40-13-11-36(23-43(40)59(62)63)68(64,65)55-48(60)39-12-10-34(22-42(39)58-44-21-33-16-19-52-47(33)54-49(44)67-46-28-66-27-45(46)58)56-29-51(30-56)24-35(25-51)57-20-4-7-41(57)38-6-3-2-5-37(38)32-8-9-32/h2-3,5-6,10-13,16,19,21-23,31-32,35,41,45-46,53,61H,4,7-9,14-15,17-18,20,24-30H2,1H3,(H,52,54)(H,55,60)/t31?,41-,45-,46-,50?/m0/s1. The van der Waals surface area contributed by atoms with Crippen LogP contribution in [0.25, 0.3) is 11.0 Å². The van der Waals surface area contributed by atoms with Gasteiger partial charge in [0.05, 0.1) is 45.9 Å². The van der Waals surface area contributed by atoms with Gasteiger partial charge in [0, 0.05) is 60.5 Å². The van der Waals surface area contributed by atoms with Crippen molar-refractivity contribution in [3.63, 3.8) is 0 Å². The Labute approximate surface area is 395 Å². The molecule has 6 heterocycles. The van der Waals surface area contributed by atoms with Crippen molar-refractivity contribution in [3.05, 3.63) is 106 Å². The number of carbonyl (C=O) groups excluding carboxylic acids is 1. The fourth-order valence-electron chi connectivity index (χ4n) is 12.3. The number of nitrogens with zero attached hydrogens (tertiary/aromatic N) is 5. The number of pyridine rings is 1. The lowest BCUT2D eigenvalue weighted by molar-refractivity contribution is -0.384. The number of fused-ring (bicyclic) bond motifs is 3. The third-order valence-electron chi connectivity index (χ3n) is 16.2. The van der Waals surface area contributed by atoms with Gasteiger partial charge >= 0.3 is 0 Å². The van der Waals surface area contributed by atoms with E-state index in [1.807, 2.05) is 36.1 Å². The van der Waals surface area contributed by atoms with Crippen molar-refractivity contribution in [1.29, 1.82) is 0 Å². The second kappa shape index (κ2) is 16.5. The van der Waals surface area contributed by atoms with Crippen LogP contribution in [-0.4, -0.2) is 102 Å². The maximum Gasteiger partial charge on any atom is 0.293 e. The number of nitrogens with one attached hydrogen (secondary N) is 3. The molecule has 3 saturated carbocycles. The maximum atomic E-state index is 14.6. The normalized spacial score (nSPS) is 26.7. The number of likely N-dealkylation sites (tertiary alicyclic amines) is 1. The van der Waals surface area contributed by atoms with E-state index in [2.05, 4.69) is 49.1 Å². The number of aromatic nitrogens is 2. The number of sulfonamides is 1. The number of nitro groups is 1. The summed E-state index contributed by atoms with van der Waals surface area (Å²) in [6, 6.07) is 22.9. The summed E-state index contributed by atoms with van der Waals surface area (Å²) < 4.78 is 42.8. The van der Waals surface area contributed by atoms with E-state index in [4.69, 9.17) is 14.5 Å². The molecule has 17 heteroatoms. The van der Waals surface area contributed by atoms with E-state index in [1.165, 1.54) is 43.4 Å². The molecule has 0 unspecified atom stereocenters. The Morgan fingerprint density at radius 1 is 0.971 bits per heavy atom. The molecule has 356 valence electrons. The molecule has 3 aliphatic carbocycles. The number of rotatable bonds is 12. The number of ether oxygens (including phenoxy) is 2. The van der Waals surface area contributed by atoms with Crippen molar-refractivity contribution < 1.29 is 32.7 Å². The van der Waals surface area contributed by atoms with Crippen LogP contribution >= 0.6 is 0 Å². The second-order valence-electron chi connectivity index (χ2n) is 21.0. The van der Waals surface area contributed by atoms with Gasteiger partial charge in [0.25, 0.3) is 21.6 Å². The van der Waals surface area contributed by atoms with Gasteiger partial charge in [0.15, 0.2) is 0 Å². The molecular weight excluding hydrogens is 885 g/mol. The van der Waals surface area contributed by atoms with Crippen molar-refractivity contribution in [2.24, 2.45) is 11.3 Å². The first-order valence-electron chi connectivity index (χ1n) is 24.4. The Bertz CT molecular complexity index is 2910. The van der Waals surface area contributed by atoms with Crippen molar-refractivity contribution >= 4 is 55.4 Å². The summed E-state index contributed by atoms with van der Waals surface area (Å²) in [5, 5.41) is 26.7. The molecule has 3 atom stereocenters. The number of amides is 1. The molecule has 0 radical (unpaired) electrons. The number of hydrogen-bond acceptors (Lipinski definition) is 13. The van der Waals surface area contributed by atoms with Crippen LogP contribution in [0, 0.1) is 21.4 Å². The van der Waals surface area contributed by atoms with Crippen molar-refractivity contribution in [1.82, 2.24) is 19.6 Å². The van der Waals surface area contributed by atoms with Crippen molar-refractivity contribution in [3.8, 4) is 5.88 Å². The number of aromatic amines is 1. The van der Waals surface area contributed by atoms with Crippen LogP contribution in [0.4, 0.5) is 28.4 Å². The van der Waals surface area contributed by atoms with Gasteiger partial charge in [-0.15, -0.1) is 0 Å². The van der Waals surface area contributed by atoms with E-state index in [0.717, 1.165) is 68.4 Å². The van der Waals surface area contributed by atoms with Gasteiger partial charge in [-0.3, -0.25) is 19.8 Å². The Kier molecular flexibility index (Phi) is 10.5. The molecule has 68 heavy (non-hydrogen) atoms. The van der Waals surface area contributed by atoms with Gasteiger partial charge in [-0.2, -0.15) is 4.98 Å². The first-order chi connectivity index (χ1) is 32.8. The number of aliphatic hydroxyl groups is 1. The zero-order chi connectivity index (χ0) is 46.5. The number of nitro benzene ring substituents is 1. The smallest absolute Gasteiger partial charge is 0.293 e. The molecule has 3 saturated heterocycles. The molecular formula is C51H58N8O8S. The summed E-state index contributed by atoms with van der Waals surface area (Å²) in [5.41, 5.74) is 5.13. The number of anilines is 4. The molecule has 7 aliphatic rings. The summed E-state index contributed by atoms with van der Waals surface area (Å²) in [7, 11) is -4.60. The lowest BCUT2D eigenvalue weighted by Crippen LogP contribution is -2.66. The monoisotopic (exact) mass is 942 g/mol. The van der Waals surface area contributed by atoms with E-state index >= 15 is 0 Å². The Balaban J connectivity index is 0.815. The highest BCUT2D eigenvalue weighted by molar-refractivity contribution is 7.90. The fourth-order valence-corrected chi connectivity index (χ4v) is 13.3. The Hall–Kier alpha value is -5.75. The van der Waals surface area contributed by atoms with Crippen LogP contribution in [0.5, 0.6) is 5.88 Å². The van der Waals surface area contributed by atoms with E-state index in [1.54, 1.807) is 17.8 Å². The van der Waals surface area contributed by atoms with E-state index in [9.17, 15) is 28.4 Å². The number of carbonyl (C=O) groups is 1. The molecule has 4 aliphatic heterocycles. The Morgan fingerprint density at radius 2 is 1.76 bits per heavy atom. The summed E-state index contributed by atoms with van der Waals surface area (Å²) in [6.45, 7) is 5.78. The molecule has 3 aromatic carbocycles. The summed E-state index contributed by atoms with van der Waals surface area (Å²) in [6.07, 6.45) is 11.5. The quantitative estimate of drug-likeness (QED) is 0.0697. The van der Waals surface area contributed by atoms with Gasteiger partial charge in [-0.1, -0.05) is 24.3 Å². The lowest BCUT2D eigenvalue weighted by Gasteiger charge is -2.62. The van der Waals surface area contributed by atoms with E-state index in [-0.39, 0.29) is 28.6 Å². The fraction of sp³-hybridized carbons (Fsp3) is 0.490. The van der Waals surface area contributed by atoms with Gasteiger partial charge in [-0.25, -0.2) is 13.1 Å². The third kappa shape index (κ3) is 7.84. The molecule has 4 N–H and O–H groups in total. The lowest BCUT2D eigenvalue weighted by atomic mass is 9.60. The average molecular weight is 943 g/mol. The van der Waals surface area contributed by atoms with Crippen LogP contribution in [0.3, 0.4) is 0 Å². The highest BCUT2D eigenvalue weighted by Gasteiger charge is 2.55. The summed E-state index contributed by atoms with van der Waals surface area (Å²) in [5.74, 6) is 0.415. The molecule has 6 fully saturated rings. The van der Waals surface area contributed by atoms with Gasteiger partial charge in [0.2, 0.25) is 5.88 Å². The van der Waals surface area contributed by atoms with Crippen LogP contribution in [0.2, 0.25) is 0 Å². The van der Waals surface area contributed by atoms with Gasteiger partial charge < -0.3 is 34.7 Å². The third-order valence-corrected chi connectivity index (χ3v) is 17.5. The van der Waals surface area contributed by atoms with Gasteiger partial charge in [0.1, 0.15) is 23.1 Å². The predicted molar refractivity (Wildman–Crippen MR) is 257 cm³/mol. The van der Waals surface area contributed by atoms with Crippen molar-refractivity contribution in [2.45, 2.75) is 112 Å².